The summed E-state index contributed by atoms with van der Waals surface area (Å²) in [5.74, 6) is 0. The van der Waals surface area contributed by atoms with Crippen LogP contribution in [0.25, 0.3) is 4.85 Å². The van der Waals surface area contributed by atoms with Gasteiger partial charge in [0.05, 0.1) is 12.6 Å². The van der Waals surface area contributed by atoms with Gasteiger partial charge in [-0.1, -0.05) is 54.7 Å². The molecule has 0 spiro atoms. The van der Waals surface area contributed by atoms with Gasteiger partial charge in [0.15, 0.2) is 11.4 Å². The van der Waals surface area contributed by atoms with Crippen LogP contribution in [0.5, 0.6) is 0 Å². The fraction of sp³-hybridized carbons (Fsp3) is 0.200. The van der Waals surface area contributed by atoms with Gasteiger partial charge in [-0.3, -0.25) is 9.80 Å². The number of urea groups is 1. The third kappa shape index (κ3) is 3.71. The molecule has 0 aromatic heterocycles. The first kappa shape index (κ1) is 22.2. The van der Waals surface area contributed by atoms with E-state index in [0.29, 0.717) is 39.1 Å². The number of halogens is 2. The summed E-state index contributed by atoms with van der Waals surface area (Å²) < 4.78 is 0. The zero-order chi connectivity index (χ0) is 22.9. The van der Waals surface area contributed by atoms with Gasteiger partial charge >= 0.3 is 6.03 Å². The van der Waals surface area contributed by atoms with Crippen LogP contribution in [0.3, 0.4) is 0 Å². The number of anilines is 2. The van der Waals surface area contributed by atoms with E-state index in [1.54, 1.807) is 77.7 Å². The Morgan fingerprint density at radius 3 is 2.16 bits per heavy atom. The van der Waals surface area contributed by atoms with Crippen LogP contribution >= 0.6 is 23.2 Å². The zero-order valence-electron chi connectivity index (χ0n) is 17.4. The summed E-state index contributed by atoms with van der Waals surface area (Å²) in [6.07, 6.45) is 1.28. The van der Waals surface area contributed by atoms with Crippen LogP contribution in [0.2, 0.25) is 10.0 Å². The predicted octanol–water partition coefficient (Wildman–Crippen LogP) is 7.00. The number of hydrogen-bond donors (Lipinski definition) is 1. The fourth-order valence-electron chi connectivity index (χ4n) is 4.24. The molecule has 3 aromatic carbocycles. The van der Waals surface area contributed by atoms with E-state index in [4.69, 9.17) is 29.8 Å². The van der Waals surface area contributed by atoms with Crippen molar-refractivity contribution in [2.75, 3.05) is 9.80 Å². The van der Waals surface area contributed by atoms with E-state index in [0.717, 1.165) is 6.42 Å². The van der Waals surface area contributed by atoms with Crippen LogP contribution < -0.4 is 9.80 Å². The molecule has 162 valence electrons. The van der Waals surface area contributed by atoms with E-state index in [1.165, 1.54) is 4.90 Å². The number of aliphatic hydroxyl groups is 1. The topological polar surface area (TPSA) is 48.1 Å². The van der Waals surface area contributed by atoms with Crippen LogP contribution in [-0.2, 0) is 5.72 Å². The van der Waals surface area contributed by atoms with Crippen molar-refractivity contribution in [3.8, 4) is 0 Å². The Kier molecular flexibility index (Phi) is 6.12. The lowest BCUT2D eigenvalue weighted by molar-refractivity contribution is 0.0291. The molecule has 0 bridgehead atoms. The first-order valence-electron chi connectivity index (χ1n) is 10.2. The zero-order valence-corrected chi connectivity index (χ0v) is 18.9. The minimum absolute atomic E-state index is 0.371. The molecular formula is C25H21Cl2N3O2. The second-order valence-electron chi connectivity index (χ2n) is 7.63. The number of benzene rings is 3. The molecule has 1 heterocycles. The number of carbonyl (C=O) groups excluding carboxylic acids is 1. The summed E-state index contributed by atoms with van der Waals surface area (Å²) in [6, 6.07) is 19.6. The highest BCUT2D eigenvalue weighted by Gasteiger charge is 2.58. The molecule has 3 aromatic rings. The molecule has 1 unspecified atom stereocenters. The van der Waals surface area contributed by atoms with E-state index in [2.05, 4.69) is 4.85 Å². The van der Waals surface area contributed by atoms with Crippen molar-refractivity contribution in [1.82, 2.24) is 0 Å². The van der Waals surface area contributed by atoms with Gasteiger partial charge in [-0.05, 0) is 66.6 Å². The van der Waals surface area contributed by atoms with Crippen LogP contribution in [0.15, 0.2) is 72.8 Å². The molecule has 2 atom stereocenters. The van der Waals surface area contributed by atoms with Gasteiger partial charge in [0.25, 0.3) is 0 Å². The Balaban J connectivity index is 1.96. The van der Waals surface area contributed by atoms with Crippen LogP contribution in [0, 0.1) is 6.57 Å². The monoisotopic (exact) mass is 465 g/mol. The molecule has 1 aliphatic rings. The van der Waals surface area contributed by atoms with Crippen molar-refractivity contribution >= 4 is 46.3 Å². The summed E-state index contributed by atoms with van der Waals surface area (Å²) in [6.45, 7) is 9.41. The Bertz CT molecular complexity index is 1180. The molecule has 1 saturated heterocycles. The Labute approximate surface area is 197 Å². The maximum atomic E-state index is 13.9. The van der Waals surface area contributed by atoms with Gasteiger partial charge in [-0.15, -0.1) is 0 Å². The molecule has 0 saturated carbocycles. The molecule has 32 heavy (non-hydrogen) atoms. The van der Waals surface area contributed by atoms with Gasteiger partial charge in [0.2, 0.25) is 0 Å². The first-order valence-corrected chi connectivity index (χ1v) is 11.0. The molecule has 1 N–H and O–H groups in total. The van der Waals surface area contributed by atoms with Gasteiger partial charge in [0.1, 0.15) is 0 Å². The van der Waals surface area contributed by atoms with Crippen molar-refractivity contribution in [1.29, 1.82) is 0 Å². The van der Waals surface area contributed by atoms with Gasteiger partial charge in [-0.25, -0.2) is 9.64 Å². The minimum Gasteiger partial charge on any atom is -0.365 e. The average Bonchev–Trinajstić information content (AvgIpc) is 3.03. The lowest BCUT2D eigenvalue weighted by Crippen LogP contribution is -2.49. The van der Waals surface area contributed by atoms with Crippen molar-refractivity contribution in [3.63, 3.8) is 0 Å². The standard InChI is InChI=1S/C25H21Cl2N3O2/c1-3-5-23-25(32,17-6-4-7-20(16-17)28-2)30(22-14-10-19(27)11-15-22)24(31)29(23)21-12-8-18(26)9-13-21/h4,6-16,23,32H,3,5H2,1H3/t23-,25?/m0/s1. The van der Waals surface area contributed by atoms with Crippen molar-refractivity contribution < 1.29 is 9.90 Å². The van der Waals surface area contributed by atoms with Gasteiger partial charge < -0.3 is 5.11 Å². The molecular weight excluding hydrogens is 445 g/mol. The normalized spacial score (nSPS) is 20.5. The van der Waals surface area contributed by atoms with E-state index >= 15 is 0 Å². The van der Waals surface area contributed by atoms with E-state index in [1.807, 2.05) is 6.92 Å². The molecule has 2 amide bonds. The fourth-order valence-corrected chi connectivity index (χ4v) is 4.49. The molecule has 5 nitrogen and oxygen atoms in total. The molecule has 1 aliphatic heterocycles. The van der Waals surface area contributed by atoms with Crippen molar-refractivity contribution in [2.45, 2.75) is 31.5 Å². The Morgan fingerprint density at radius 1 is 1.00 bits per heavy atom. The maximum absolute atomic E-state index is 13.9. The maximum Gasteiger partial charge on any atom is 0.332 e. The number of carbonyl (C=O) groups is 1. The lowest BCUT2D eigenvalue weighted by atomic mass is 9.90. The van der Waals surface area contributed by atoms with Gasteiger partial charge in [0, 0.05) is 21.4 Å². The van der Waals surface area contributed by atoms with Gasteiger partial charge in [-0.2, -0.15) is 0 Å². The highest BCUT2D eigenvalue weighted by Crippen LogP contribution is 2.46. The number of nitrogens with zero attached hydrogens (tertiary/aromatic N) is 3. The highest BCUT2D eigenvalue weighted by molar-refractivity contribution is 6.31. The smallest absolute Gasteiger partial charge is 0.332 e. The quantitative estimate of drug-likeness (QED) is 0.412. The molecule has 4 rings (SSSR count). The second kappa shape index (κ2) is 8.84. The number of amides is 2. The summed E-state index contributed by atoms with van der Waals surface area (Å²) in [7, 11) is 0. The average molecular weight is 466 g/mol. The Hall–Kier alpha value is -3.04. The third-order valence-electron chi connectivity index (χ3n) is 5.67. The van der Waals surface area contributed by atoms with Crippen molar-refractivity contribution in [2.24, 2.45) is 0 Å². The molecule has 0 aliphatic carbocycles. The summed E-state index contributed by atoms with van der Waals surface area (Å²) in [5, 5.41) is 13.4. The molecule has 1 fully saturated rings. The lowest BCUT2D eigenvalue weighted by Gasteiger charge is -2.37. The predicted molar refractivity (Wildman–Crippen MR) is 129 cm³/mol. The minimum atomic E-state index is -1.71. The highest BCUT2D eigenvalue weighted by atomic mass is 35.5. The Morgan fingerprint density at radius 2 is 1.59 bits per heavy atom. The summed E-state index contributed by atoms with van der Waals surface area (Å²) >= 11 is 12.2. The van der Waals surface area contributed by atoms with E-state index < -0.39 is 11.8 Å². The van der Waals surface area contributed by atoms with Crippen LogP contribution in [0.1, 0.15) is 25.3 Å². The SMILES string of the molecule is [C-]#[N+]c1cccc(C2(O)[C@H](CCC)N(c3ccc(Cl)cc3)C(=O)N2c2ccc(Cl)cc2)c1. The van der Waals surface area contributed by atoms with Crippen LogP contribution in [0.4, 0.5) is 21.9 Å². The summed E-state index contributed by atoms with van der Waals surface area (Å²) in [5.41, 5.74) is 0.298. The molecule has 0 radical (unpaired) electrons. The van der Waals surface area contributed by atoms with Crippen molar-refractivity contribution in [3.05, 3.63) is 99.8 Å². The second-order valence-corrected chi connectivity index (χ2v) is 8.51. The van der Waals surface area contributed by atoms with E-state index in [-0.39, 0.29) is 6.03 Å². The number of hydrogen-bond acceptors (Lipinski definition) is 2. The first-order chi connectivity index (χ1) is 15.4. The third-order valence-corrected chi connectivity index (χ3v) is 6.17. The number of rotatable bonds is 5. The van der Waals surface area contributed by atoms with E-state index in [9.17, 15) is 9.90 Å². The molecule has 7 heteroatoms. The largest absolute Gasteiger partial charge is 0.365 e. The van der Waals surface area contributed by atoms with Crippen LogP contribution in [-0.4, -0.2) is 17.2 Å². The summed E-state index contributed by atoms with van der Waals surface area (Å²) in [4.78, 5) is 20.4.